The minimum atomic E-state index is 0.254. The molecular weight excluding hydrogens is 242 g/mol. The number of nitrogens with zero attached hydrogens (tertiary/aromatic N) is 4. The summed E-state index contributed by atoms with van der Waals surface area (Å²) < 4.78 is 1.76. The van der Waals surface area contributed by atoms with Crippen LogP contribution in [0.4, 0.5) is 17.6 Å². The number of rotatable bonds is 6. The van der Waals surface area contributed by atoms with E-state index in [0.29, 0.717) is 12.4 Å². The SMILES string of the molecule is CCCNc1cc(NCc2ccn(C)n2)nc(N)n1. The third-order valence-corrected chi connectivity index (χ3v) is 2.52. The summed E-state index contributed by atoms with van der Waals surface area (Å²) in [7, 11) is 1.89. The Morgan fingerprint density at radius 1 is 1.26 bits per heavy atom. The van der Waals surface area contributed by atoms with Crippen LogP contribution in [0, 0.1) is 0 Å². The Labute approximate surface area is 112 Å². The van der Waals surface area contributed by atoms with Gasteiger partial charge in [0.25, 0.3) is 0 Å². The molecule has 0 aliphatic rings. The fraction of sp³-hybridized carbons (Fsp3) is 0.417. The summed E-state index contributed by atoms with van der Waals surface area (Å²) >= 11 is 0. The molecule has 0 radical (unpaired) electrons. The number of nitrogens with two attached hydrogens (primary N) is 1. The third kappa shape index (κ3) is 3.84. The van der Waals surface area contributed by atoms with Crippen LogP contribution in [0.15, 0.2) is 18.3 Å². The molecule has 0 saturated carbocycles. The van der Waals surface area contributed by atoms with Gasteiger partial charge in [-0.25, -0.2) is 0 Å². The zero-order chi connectivity index (χ0) is 13.7. The minimum absolute atomic E-state index is 0.254. The Hall–Kier alpha value is -2.31. The molecule has 102 valence electrons. The second-order valence-electron chi connectivity index (χ2n) is 4.26. The van der Waals surface area contributed by atoms with Crippen LogP contribution in [-0.2, 0) is 13.6 Å². The second-order valence-corrected chi connectivity index (χ2v) is 4.26. The summed E-state index contributed by atoms with van der Waals surface area (Å²) in [6.45, 7) is 3.55. The average molecular weight is 261 g/mol. The number of nitrogen functional groups attached to an aromatic ring is 1. The van der Waals surface area contributed by atoms with Crippen LogP contribution < -0.4 is 16.4 Å². The van der Waals surface area contributed by atoms with Gasteiger partial charge in [-0.2, -0.15) is 15.1 Å². The molecule has 0 atom stereocenters. The maximum Gasteiger partial charge on any atom is 0.223 e. The monoisotopic (exact) mass is 261 g/mol. The first-order valence-electron chi connectivity index (χ1n) is 6.28. The molecule has 0 unspecified atom stereocenters. The Bertz CT molecular complexity index is 535. The summed E-state index contributed by atoms with van der Waals surface area (Å²) in [6.07, 6.45) is 2.93. The predicted octanol–water partition coefficient (Wildman–Crippen LogP) is 1.23. The van der Waals surface area contributed by atoms with Gasteiger partial charge in [0.15, 0.2) is 0 Å². The summed E-state index contributed by atoms with van der Waals surface area (Å²) in [4.78, 5) is 8.27. The van der Waals surface area contributed by atoms with E-state index >= 15 is 0 Å². The van der Waals surface area contributed by atoms with Crippen molar-refractivity contribution >= 4 is 17.6 Å². The molecule has 19 heavy (non-hydrogen) atoms. The van der Waals surface area contributed by atoms with E-state index in [1.165, 1.54) is 0 Å². The summed E-state index contributed by atoms with van der Waals surface area (Å²) in [6, 6.07) is 3.79. The lowest BCUT2D eigenvalue weighted by molar-refractivity contribution is 0.747. The number of hydrogen-bond acceptors (Lipinski definition) is 6. The molecule has 0 aliphatic heterocycles. The number of hydrogen-bond donors (Lipinski definition) is 3. The predicted molar refractivity (Wildman–Crippen MR) is 75.8 cm³/mol. The Kier molecular flexibility index (Phi) is 4.17. The van der Waals surface area contributed by atoms with Gasteiger partial charge in [-0.1, -0.05) is 6.92 Å². The molecule has 0 aliphatic carbocycles. The molecule has 7 nitrogen and oxygen atoms in total. The van der Waals surface area contributed by atoms with Gasteiger partial charge < -0.3 is 16.4 Å². The quantitative estimate of drug-likeness (QED) is 0.724. The van der Waals surface area contributed by atoms with Crippen LogP contribution in [0.1, 0.15) is 19.0 Å². The summed E-state index contributed by atoms with van der Waals surface area (Å²) in [5.74, 6) is 1.68. The van der Waals surface area contributed by atoms with E-state index in [4.69, 9.17) is 5.73 Å². The van der Waals surface area contributed by atoms with Crippen molar-refractivity contribution in [3.05, 3.63) is 24.0 Å². The van der Waals surface area contributed by atoms with Gasteiger partial charge in [-0.15, -0.1) is 0 Å². The summed E-state index contributed by atoms with van der Waals surface area (Å²) in [5, 5.41) is 10.7. The Balaban J connectivity index is 2.01. The lowest BCUT2D eigenvalue weighted by Crippen LogP contribution is -2.09. The third-order valence-electron chi connectivity index (χ3n) is 2.52. The van der Waals surface area contributed by atoms with E-state index in [9.17, 15) is 0 Å². The van der Waals surface area contributed by atoms with Crippen molar-refractivity contribution < 1.29 is 0 Å². The first-order chi connectivity index (χ1) is 9.17. The maximum absolute atomic E-state index is 5.68. The highest BCUT2D eigenvalue weighted by molar-refractivity contribution is 5.51. The van der Waals surface area contributed by atoms with Crippen molar-refractivity contribution in [3.8, 4) is 0 Å². The summed E-state index contributed by atoms with van der Waals surface area (Å²) in [5.41, 5.74) is 6.63. The molecule has 0 saturated heterocycles. The topological polar surface area (TPSA) is 93.7 Å². The standard InChI is InChI=1S/C12H19N7/c1-3-5-14-10-7-11(17-12(13)16-10)15-8-9-4-6-19(2)18-9/h4,6-7H,3,5,8H2,1-2H3,(H4,13,14,15,16,17). The second kappa shape index (κ2) is 6.03. The van der Waals surface area contributed by atoms with Crippen molar-refractivity contribution in [1.82, 2.24) is 19.7 Å². The molecule has 7 heteroatoms. The Morgan fingerprint density at radius 3 is 2.63 bits per heavy atom. The van der Waals surface area contributed by atoms with Gasteiger partial charge in [-0.3, -0.25) is 4.68 Å². The molecule has 2 rings (SSSR count). The number of aryl methyl sites for hydroxylation is 1. The highest BCUT2D eigenvalue weighted by Crippen LogP contribution is 2.13. The lowest BCUT2D eigenvalue weighted by atomic mass is 10.4. The van der Waals surface area contributed by atoms with E-state index in [2.05, 4.69) is 32.6 Å². The van der Waals surface area contributed by atoms with Crippen molar-refractivity contribution in [2.75, 3.05) is 22.9 Å². The fourth-order valence-corrected chi connectivity index (χ4v) is 1.64. The molecule has 0 spiro atoms. The molecular formula is C12H19N7. The minimum Gasteiger partial charge on any atom is -0.370 e. The average Bonchev–Trinajstić information content (AvgIpc) is 2.79. The zero-order valence-electron chi connectivity index (χ0n) is 11.2. The maximum atomic E-state index is 5.68. The molecule has 2 heterocycles. The van der Waals surface area contributed by atoms with E-state index < -0.39 is 0 Å². The Morgan fingerprint density at radius 2 is 2.00 bits per heavy atom. The van der Waals surface area contributed by atoms with Crippen molar-refractivity contribution in [1.29, 1.82) is 0 Å². The van der Waals surface area contributed by atoms with E-state index in [1.54, 1.807) is 4.68 Å². The van der Waals surface area contributed by atoms with Gasteiger partial charge in [0, 0.05) is 25.9 Å². The highest BCUT2D eigenvalue weighted by Gasteiger charge is 2.03. The van der Waals surface area contributed by atoms with Crippen LogP contribution in [0.3, 0.4) is 0 Å². The van der Waals surface area contributed by atoms with Crippen LogP contribution in [0.5, 0.6) is 0 Å². The smallest absolute Gasteiger partial charge is 0.223 e. The van der Waals surface area contributed by atoms with E-state index in [0.717, 1.165) is 24.5 Å². The molecule has 0 fully saturated rings. The van der Waals surface area contributed by atoms with Crippen LogP contribution in [0.2, 0.25) is 0 Å². The fourth-order valence-electron chi connectivity index (χ4n) is 1.64. The van der Waals surface area contributed by atoms with Gasteiger partial charge in [0.1, 0.15) is 11.6 Å². The molecule has 0 aromatic carbocycles. The molecule has 2 aromatic rings. The van der Waals surface area contributed by atoms with Gasteiger partial charge >= 0.3 is 0 Å². The van der Waals surface area contributed by atoms with Gasteiger partial charge in [0.05, 0.1) is 12.2 Å². The highest BCUT2D eigenvalue weighted by atomic mass is 15.3. The number of aromatic nitrogens is 4. The normalized spacial score (nSPS) is 10.4. The van der Waals surface area contributed by atoms with Crippen LogP contribution in [-0.4, -0.2) is 26.3 Å². The largest absolute Gasteiger partial charge is 0.370 e. The first kappa shape index (κ1) is 13.1. The molecule has 0 amide bonds. The van der Waals surface area contributed by atoms with Crippen LogP contribution >= 0.6 is 0 Å². The number of nitrogens with one attached hydrogen (secondary N) is 2. The molecule has 4 N–H and O–H groups in total. The van der Waals surface area contributed by atoms with E-state index in [-0.39, 0.29) is 5.95 Å². The lowest BCUT2D eigenvalue weighted by Gasteiger charge is -2.08. The van der Waals surface area contributed by atoms with Gasteiger partial charge in [-0.05, 0) is 12.5 Å². The molecule has 2 aromatic heterocycles. The van der Waals surface area contributed by atoms with Crippen LogP contribution in [0.25, 0.3) is 0 Å². The van der Waals surface area contributed by atoms with Crippen molar-refractivity contribution in [2.45, 2.75) is 19.9 Å². The van der Waals surface area contributed by atoms with E-state index in [1.807, 2.05) is 25.4 Å². The van der Waals surface area contributed by atoms with Crippen molar-refractivity contribution in [3.63, 3.8) is 0 Å². The first-order valence-corrected chi connectivity index (χ1v) is 6.28. The zero-order valence-corrected chi connectivity index (χ0v) is 11.2. The van der Waals surface area contributed by atoms with Gasteiger partial charge in [0.2, 0.25) is 5.95 Å². The molecule has 0 bridgehead atoms. The van der Waals surface area contributed by atoms with Crippen molar-refractivity contribution in [2.24, 2.45) is 7.05 Å². The number of anilines is 3.